The summed E-state index contributed by atoms with van der Waals surface area (Å²) >= 11 is 0. The number of likely N-dealkylation sites (N-methyl/N-ethyl adjacent to an activating group) is 2. The van der Waals surface area contributed by atoms with Gasteiger partial charge in [0, 0.05) is 14.1 Å². The lowest BCUT2D eigenvalue weighted by Gasteiger charge is -2.22. The molecule has 0 saturated heterocycles. The average molecular weight is 251 g/mol. The standard InChI is InChI=1S/C12H17N3O3/c1-13-11(16)9-14(2)12(17)15(18)8-10-6-4-3-5-7-10/h3-7,18H,8-9H2,1-2H3,(H,13,16). The van der Waals surface area contributed by atoms with Crippen LogP contribution in [0.15, 0.2) is 30.3 Å². The summed E-state index contributed by atoms with van der Waals surface area (Å²) in [6.07, 6.45) is 0. The third kappa shape index (κ3) is 4.06. The van der Waals surface area contributed by atoms with E-state index in [0.29, 0.717) is 5.06 Å². The first-order chi connectivity index (χ1) is 8.54. The van der Waals surface area contributed by atoms with Crippen molar-refractivity contribution in [3.8, 4) is 0 Å². The van der Waals surface area contributed by atoms with Gasteiger partial charge in [-0.15, -0.1) is 0 Å². The third-order valence-corrected chi connectivity index (χ3v) is 2.38. The number of amides is 3. The third-order valence-electron chi connectivity index (χ3n) is 2.38. The number of benzene rings is 1. The molecule has 6 heteroatoms. The van der Waals surface area contributed by atoms with E-state index in [1.54, 1.807) is 12.1 Å². The molecule has 0 heterocycles. The van der Waals surface area contributed by atoms with E-state index in [4.69, 9.17) is 0 Å². The molecular formula is C12H17N3O3. The number of nitrogens with one attached hydrogen (secondary N) is 1. The molecule has 1 aromatic carbocycles. The van der Waals surface area contributed by atoms with E-state index < -0.39 is 6.03 Å². The summed E-state index contributed by atoms with van der Waals surface area (Å²) in [5.41, 5.74) is 0.807. The van der Waals surface area contributed by atoms with Gasteiger partial charge in [-0.1, -0.05) is 30.3 Å². The van der Waals surface area contributed by atoms with Crippen LogP contribution in [0.2, 0.25) is 0 Å². The number of nitrogens with zero attached hydrogens (tertiary/aromatic N) is 2. The molecular weight excluding hydrogens is 234 g/mol. The van der Waals surface area contributed by atoms with Gasteiger partial charge in [-0.25, -0.2) is 9.86 Å². The Morgan fingerprint density at radius 1 is 1.28 bits per heavy atom. The summed E-state index contributed by atoms with van der Waals surface area (Å²) in [5.74, 6) is -0.293. The normalized spacial score (nSPS) is 9.72. The number of urea groups is 1. The fraction of sp³-hybridized carbons (Fsp3) is 0.333. The lowest BCUT2D eigenvalue weighted by atomic mass is 10.2. The van der Waals surface area contributed by atoms with Gasteiger partial charge in [0.05, 0.1) is 6.54 Å². The Kier molecular flexibility index (Phi) is 5.13. The largest absolute Gasteiger partial charge is 0.358 e. The molecule has 0 atom stereocenters. The van der Waals surface area contributed by atoms with E-state index in [-0.39, 0.29) is 19.0 Å². The fourth-order valence-electron chi connectivity index (χ4n) is 1.38. The number of rotatable bonds is 4. The summed E-state index contributed by atoms with van der Waals surface area (Å²) < 4.78 is 0. The molecule has 0 aliphatic carbocycles. The van der Waals surface area contributed by atoms with Gasteiger partial charge in [0.25, 0.3) is 0 Å². The minimum Gasteiger partial charge on any atom is -0.358 e. The van der Waals surface area contributed by atoms with Crippen molar-refractivity contribution < 1.29 is 14.8 Å². The molecule has 0 saturated carbocycles. The minimum atomic E-state index is -0.623. The van der Waals surface area contributed by atoms with Gasteiger partial charge < -0.3 is 10.2 Å². The monoisotopic (exact) mass is 251 g/mol. The van der Waals surface area contributed by atoms with E-state index in [1.165, 1.54) is 14.1 Å². The Bertz CT molecular complexity index is 408. The van der Waals surface area contributed by atoms with Crippen molar-refractivity contribution in [3.05, 3.63) is 35.9 Å². The maximum Gasteiger partial charge on any atom is 0.344 e. The van der Waals surface area contributed by atoms with Crippen LogP contribution in [0.5, 0.6) is 0 Å². The van der Waals surface area contributed by atoms with E-state index in [2.05, 4.69) is 5.32 Å². The van der Waals surface area contributed by atoms with E-state index in [0.717, 1.165) is 10.5 Å². The van der Waals surface area contributed by atoms with Crippen LogP contribution in [-0.4, -0.2) is 47.7 Å². The van der Waals surface area contributed by atoms with Gasteiger partial charge in [0.2, 0.25) is 5.91 Å². The summed E-state index contributed by atoms with van der Waals surface area (Å²) in [5, 5.41) is 12.6. The van der Waals surface area contributed by atoms with Crippen LogP contribution in [0.25, 0.3) is 0 Å². The van der Waals surface area contributed by atoms with Crippen LogP contribution in [0.1, 0.15) is 5.56 Å². The second-order valence-corrected chi connectivity index (χ2v) is 3.86. The molecule has 1 rings (SSSR count). The summed E-state index contributed by atoms with van der Waals surface area (Å²) in [4.78, 5) is 24.0. The van der Waals surface area contributed by atoms with E-state index >= 15 is 0 Å². The first-order valence-electron chi connectivity index (χ1n) is 5.50. The molecule has 0 unspecified atom stereocenters. The maximum absolute atomic E-state index is 11.7. The van der Waals surface area contributed by atoms with Crippen LogP contribution >= 0.6 is 0 Å². The molecule has 18 heavy (non-hydrogen) atoms. The Morgan fingerprint density at radius 3 is 2.44 bits per heavy atom. The number of carbonyl (C=O) groups is 2. The molecule has 2 N–H and O–H groups in total. The lowest BCUT2D eigenvalue weighted by molar-refractivity contribution is -0.121. The highest BCUT2D eigenvalue weighted by Crippen LogP contribution is 2.04. The second kappa shape index (κ2) is 6.61. The van der Waals surface area contributed by atoms with Crippen LogP contribution in [0.3, 0.4) is 0 Å². The second-order valence-electron chi connectivity index (χ2n) is 3.86. The van der Waals surface area contributed by atoms with Crippen molar-refractivity contribution in [1.82, 2.24) is 15.3 Å². The lowest BCUT2D eigenvalue weighted by Crippen LogP contribution is -2.43. The van der Waals surface area contributed by atoms with E-state index in [1.807, 2.05) is 18.2 Å². The first kappa shape index (κ1) is 14.0. The van der Waals surface area contributed by atoms with Gasteiger partial charge >= 0.3 is 6.03 Å². The van der Waals surface area contributed by atoms with E-state index in [9.17, 15) is 14.8 Å². The van der Waals surface area contributed by atoms with Gasteiger partial charge in [0.1, 0.15) is 6.54 Å². The summed E-state index contributed by atoms with van der Waals surface area (Å²) in [7, 11) is 2.94. The van der Waals surface area contributed by atoms with Crippen molar-refractivity contribution in [1.29, 1.82) is 0 Å². The number of carbonyl (C=O) groups excluding carboxylic acids is 2. The predicted octanol–water partition coefficient (Wildman–Crippen LogP) is 0.676. The minimum absolute atomic E-state index is 0.0811. The molecule has 0 fully saturated rings. The van der Waals surface area contributed by atoms with Gasteiger partial charge in [-0.3, -0.25) is 10.0 Å². The van der Waals surface area contributed by atoms with Crippen molar-refractivity contribution in [2.45, 2.75) is 6.54 Å². The van der Waals surface area contributed by atoms with Crippen molar-refractivity contribution in [2.24, 2.45) is 0 Å². The van der Waals surface area contributed by atoms with Crippen LogP contribution in [0, 0.1) is 0 Å². The Morgan fingerprint density at radius 2 is 1.89 bits per heavy atom. The summed E-state index contributed by atoms with van der Waals surface area (Å²) in [6.45, 7) is -0.0149. The smallest absolute Gasteiger partial charge is 0.344 e. The Hall–Kier alpha value is -2.08. The van der Waals surface area contributed by atoms with Crippen LogP contribution in [-0.2, 0) is 11.3 Å². The molecule has 1 aromatic rings. The highest BCUT2D eigenvalue weighted by atomic mass is 16.5. The SMILES string of the molecule is CNC(=O)CN(C)C(=O)N(O)Cc1ccccc1. The number of hydrogen-bond donors (Lipinski definition) is 2. The molecule has 0 spiro atoms. The quantitative estimate of drug-likeness (QED) is 0.610. The highest BCUT2D eigenvalue weighted by molar-refractivity contribution is 5.83. The molecule has 0 aliphatic rings. The average Bonchev–Trinajstić information content (AvgIpc) is 2.38. The highest BCUT2D eigenvalue weighted by Gasteiger charge is 2.18. The maximum atomic E-state index is 11.7. The Labute approximate surface area is 106 Å². The van der Waals surface area contributed by atoms with Gasteiger partial charge in [-0.2, -0.15) is 0 Å². The van der Waals surface area contributed by atoms with Crippen molar-refractivity contribution in [2.75, 3.05) is 20.6 Å². The molecule has 0 bridgehead atoms. The molecule has 6 nitrogen and oxygen atoms in total. The molecule has 98 valence electrons. The molecule has 3 amide bonds. The molecule has 0 radical (unpaired) electrons. The first-order valence-corrected chi connectivity index (χ1v) is 5.50. The number of hydrogen-bond acceptors (Lipinski definition) is 3. The summed E-state index contributed by atoms with van der Waals surface area (Å²) in [6, 6.07) is 8.47. The van der Waals surface area contributed by atoms with Crippen LogP contribution in [0.4, 0.5) is 4.79 Å². The van der Waals surface area contributed by atoms with Gasteiger partial charge in [0.15, 0.2) is 0 Å². The molecule has 0 aromatic heterocycles. The Balaban J connectivity index is 2.53. The van der Waals surface area contributed by atoms with Crippen molar-refractivity contribution in [3.63, 3.8) is 0 Å². The van der Waals surface area contributed by atoms with Crippen molar-refractivity contribution >= 4 is 11.9 Å². The van der Waals surface area contributed by atoms with Gasteiger partial charge in [-0.05, 0) is 5.56 Å². The topological polar surface area (TPSA) is 72.9 Å². The molecule has 0 aliphatic heterocycles. The zero-order valence-corrected chi connectivity index (χ0v) is 10.5. The fourth-order valence-corrected chi connectivity index (χ4v) is 1.38. The number of hydroxylamine groups is 2. The zero-order valence-electron chi connectivity index (χ0n) is 10.5. The predicted molar refractivity (Wildman–Crippen MR) is 65.9 cm³/mol. The zero-order chi connectivity index (χ0) is 13.5. The van der Waals surface area contributed by atoms with Crippen LogP contribution < -0.4 is 5.32 Å².